The Morgan fingerprint density at radius 2 is 2.26 bits per heavy atom. The Kier molecular flexibility index (Phi) is 5.67. The minimum atomic E-state index is 0.344. The van der Waals surface area contributed by atoms with Gasteiger partial charge in [-0.05, 0) is 43.9 Å². The Balaban J connectivity index is 2.05. The van der Waals surface area contributed by atoms with Crippen LogP contribution in [0.5, 0.6) is 5.75 Å². The van der Waals surface area contributed by atoms with Crippen molar-refractivity contribution < 1.29 is 9.47 Å². The highest BCUT2D eigenvalue weighted by Gasteiger charge is 2.26. The maximum atomic E-state index is 5.85. The van der Waals surface area contributed by atoms with Crippen molar-refractivity contribution in [2.24, 2.45) is 0 Å². The highest BCUT2D eigenvalue weighted by atomic mass is 16.5. The van der Waals surface area contributed by atoms with Crippen molar-refractivity contribution in [2.75, 3.05) is 20.3 Å². The van der Waals surface area contributed by atoms with E-state index in [-0.39, 0.29) is 0 Å². The van der Waals surface area contributed by atoms with E-state index in [2.05, 4.69) is 24.4 Å². The lowest BCUT2D eigenvalue weighted by atomic mass is 9.98. The number of methoxy groups -OCH3 is 1. The van der Waals surface area contributed by atoms with Crippen LogP contribution < -0.4 is 10.1 Å². The van der Waals surface area contributed by atoms with Crippen molar-refractivity contribution in [1.29, 1.82) is 0 Å². The molecule has 1 fully saturated rings. The van der Waals surface area contributed by atoms with Crippen LogP contribution in [0.4, 0.5) is 0 Å². The fourth-order valence-electron chi connectivity index (χ4n) is 2.69. The zero-order valence-corrected chi connectivity index (χ0v) is 12.0. The van der Waals surface area contributed by atoms with Crippen molar-refractivity contribution >= 4 is 0 Å². The molecular weight excluding hydrogens is 238 g/mol. The summed E-state index contributed by atoms with van der Waals surface area (Å²) in [5.41, 5.74) is 1.26. The van der Waals surface area contributed by atoms with Gasteiger partial charge in [0.05, 0.1) is 13.2 Å². The molecule has 0 radical (unpaired) electrons. The molecular formula is C16H25NO2. The number of nitrogens with one attached hydrogen (secondary N) is 1. The second-order valence-corrected chi connectivity index (χ2v) is 5.13. The maximum absolute atomic E-state index is 5.85. The molecule has 0 aromatic heterocycles. The van der Waals surface area contributed by atoms with Crippen molar-refractivity contribution in [3.8, 4) is 5.75 Å². The Morgan fingerprint density at radius 1 is 1.42 bits per heavy atom. The monoisotopic (exact) mass is 263 g/mol. The van der Waals surface area contributed by atoms with Gasteiger partial charge in [-0.2, -0.15) is 0 Å². The van der Waals surface area contributed by atoms with Crippen LogP contribution in [-0.4, -0.2) is 32.4 Å². The van der Waals surface area contributed by atoms with Crippen molar-refractivity contribution in [3.63, 3.8) is 0 Å². The van der Waals surface area contributed by atoms with Gasteiger partial charge in [-0.3, -0.25) is 0 Å². The van der Waals surface area contributed by atoms with Crippen LogP contribution in [-0.2, 0) is 11.2 Å². The van der Waals surface area contributed by atoms with E-state index in [1.165, 1.54) is 12.0 Å². The number of ether oxygens (including phenoxy) is 2. The standard InChI is InChI=1S/C16H25NO2/c1-3-10-17-14(16-9-6-11-19-16)12-13-7-4-5-8-15(13)18-2/h4-5,7-8,14,16-17H,3,6,9-12H2,1-2H3. The molecule has 1 saturated heterocycles. The van der Waals surface area contributed by atoms with Crippen LogP contribution in [0, 0.1) is 0 Å². The average Bonchev–Trinajstić information content (AvgIpc) is 2.98. The molecule has 2 unspecified atom stereocenters. The van der Waals surface area contributed by atoms with E-state index < -0.39 is 0 Å². The number of para-hydroxylation sites is 1. The summed E-state index contributed by atoms with van der Waals surface area (Å²) in [5, 5.41) is 3.63. The molecule has 106 valence electrons. The lowest BCUT2D eigenvalue weighted by Gasteiger charge is -2.25. The average molecular weight is 263 g/mol. The summed E-state index contributed by atoms with van der Waals surface area (Å²) in [4.78, 5) is 0. The summed E-state index contributed by atoms with van der Waals surface area (Å²) in [6.07, 6.45) is 4.80. The Hall–Kier alpha value is -1.06. The van der Waals surface area contributed by atoms with Crippen molar-refractivity contribution in [3.05, 3.63) is 29.8 Å². The number of hydrogen-bond donors (Lipinski definition) is 1. The molecule has 3 heteroatoms. The zero-order chi connectivity index (χ0) is 13.5. The summed E-state index contributed by atoms with van der Waals surface area (Å²) in [5.74, 6) is 0.976. The summed E-state index contributed by atoms with van der Waals surface area (Å²) in [7, 11) is 1.74. The smallest absolute Gasteiger partial charge is 0.122 e. The molecule has 2 rings (SSSR count). The predicted molar refractivity (Wildman–Crippen MR) is 77.8 cm³/mol. The molecule has 1 aromatic rings. The lowest BCUT2D eigenvalue weighted by molar-refractivity contribution is 0.0782. The van der Waals surface area contributed by atoms with E-state index in [0.29, 0.717) is 12.1 Å². The SMILES string of the molecule is CCCNC(Cc1ccccc1OC)C1CCCO1. The van der Waals surface area contributed by atoms with Gasteiger partial charge >= 0.3 is 0 Å². The Morgan fingerprint density at radius 3 is 2.95 bits per heavy atom. The summed E-state index contributed by atoms with van der Waals surface area (Å²) >= 11 is 0. The zero-order valence-electron chi connectivity index (χ0n) is 12.0. The first-order chi connectivity index (χ1) is 9.35. The first kappa shape index (κ1) is 14.4. The minimum Gasteiger partial charge on any atom is -0.496 e. The minimum absolute atomic E-state index is 0.344. The molecule has 0 saturated carbocycles. The van der Waals surface area contributed by atoms with E-state index in [1.807, 2.05) is 12.1 Å². The van der Waals surface area contributed by atoms with Crippen LogP contribution in [0.3, 0.4) is 0 Å². The summed E-state index contributed by atoms with van der Waals surface area (Å²) < 4.78 is 11.3. The molecule has 1 aliphatic rings. The molecule has 0 amide bonds. The third-order valence-corrected chi connectivity index (χ3v) is 3.70. The van der Waals surface area contributed by atoms with Crippen LogP contribution in [0.15, 0.2) is 24.3 Å². The van der Waals surface area contributed by atoms with Crippen LogP contribution in [0.1, 0.15) is 31.7 Å². The third-order valence-electron chi connectivity index (χ3n) is 3.70. The number of benzene rings is 1. The second-order valence-electron chi connectivity index (χ2n) is 5.13. The molecule has 0 bridgehead atoms. The molecule has 1 N–H and O–H groups in total. The van der Waals surface area contributed by atoms with Gasteiger partial charge in [0.15, 0.2) is 0 Å². The van der Waals surface area contributed by atoms with Crippen LogP contribution in [0.2, 0.25) is 0 Å². The molecule has 3 nitrogen and oxygen atoms in total. The van der Waals surface area contributed by atoms with Gasteiger partial charge in [0.2, 0.25) is 0 Å². The van der Waals surface area contributed by atoms with E-state index in [0.717, 1.165) is 38.2 Å². The first-order valence-corrected chi connectivity index (χ1v) is 7.32. The number of rotatable bonds is 7. The maximum Gasteiger partial charge on any atom is 0.122 e. The van der Waals surface area contributed by atoms with Crippen molar-refractivity contribution in [2.45, 2.75) is 44.8 Å². The van der Waals surface area contributed by atoms with Gasteiger partial charge < -0.3 is 14.8 Å². The van der Waals surface area contributed by atoms with Gasteiger partial charge in [0.25, 0.3) is 0 Å². The van der Waals surface area contributed by atoms with Crippen molar-refractivity contribution in [1.82, 2.24) is 5.32 Å². The molecule has 1 aliphatic heterocycles. The highest BCUT2D eigenvalue weighted by Crippen LogP contribution is 2.23. The molecule has 2 atom stereocenters. The highest BCUT2D eigenvalue weighted by molar-refractivity contribution is 5.34. The molecule has 0 aliphatic carbocycles. The van der Waals surface area contributed by atoms with E-state index in [1.54, 1.807) is 7.11 Å². The van der Waals surface area contributed by atoms with Gasteiger partial charge in [0.1, 0.15) is 5.75 Å². The lowest BCUT2D eigenvalue weighted by Crippen LogP contribution is -2.41. The largest absolute Gasteiger partial charge is 0.496 e. The second kappa shape index (κ2) is 7.51. The molecule has 19 heavy (non-hydrogen) atoms. The molecule has 1 aromatic carbocycles. The summed E-state index contributed by atoms with van der Waals surface area (Å²) in [6.45, 7) is 4.14. The van der Waals surface area contributed by atoms with Gasteiger partial charge in [-0.25, -0.2) is 0 Å². The van der Waals surface area contributed by atoms with E-state index >= 15 is 0 Å². The van der Waals surface area contributed by atoms with E-state index in [9.17, 15) is 0 Å². The van der Waals surface area contributed by atoms with Gasteiger partial charge in [-0.1, -0.05) is 25.1 Å². The normalized spacial score (nSPS) is 20.4. The van der Waals surface area contributed by atoms with Crippen LogP contribution >= 0.6 is 0 Å². The molecule has 1 heterocycles. The fraction of sp³-hybridized carbons (Fsp3) is 0.625. The van der Waals surface area contributed by atoms with Gasteiger partial charge in [0, 0.05) is 12.6 Å². The fourth-order valence-corrected chi connectivity index (χ4v) is 2.69. The van der Waals surface area contributed by atoms with Gasteiger partial charge in [-0.15, -0.1) is 0 Å². The number of hydrogen-bond acceptors (Lipinski definition) is 3. The van der Waals surface area contributed by atoms with Crippen LogP contribution in [0.25, 0.3) is 0 Å². The topological polar surface area (TPSA) is 30.5 Å². The Bertz CT molecular complexity index is 375. The predicted octanol–water partition coefficient (Wildman–Crippen LogP) is 2.78. The molecule has 0 spiro atoms. The summed E-state index contributed by atoms with van der Waals surface area (Å²) in [6, 6.07) is 8.65. The van der Waals surface area contributed by atoms with E-state index in [4.69, 9.17) is 9.47 Å². The third kappa shape index (κ3) is 3.95. The quantitative estimate of drug-likeness (QED) is 0.820. The first-order valence-electron chi connectivity index (χ1n) is 7.32. The Labute approximate surface area is 116 Å².